The van der Waals surface area contributed by atoms with E-state index >= 15 is 0 Å². The third-order valence-corrected chi connectivity index (χ3v) is 1.20. The number of carbonyl (C=O) groups excluding carboxylic acids is 2. The first-order valence-electron chi connectivity index (χ1n) is 2.92. The van der Waals surface area contributed by atoms with Gasteiger partial charge in [0.05, 0.1) is 0 Å². The van der Waals surface area contributed by atoms with Gasteiger partial charge in [-0.2, -0.15) is 4.21 Å². The Kier molecular flexibility index (Phi) is 20.1. The van der Waals surface area contributed by atoms with Gasteiger partial charge >= 0.3 is 76.4 Å². The molecule has 0 aromatic heterocycles. The molecule has 1 atom stereocenters. The quantitative estimate of drug-likeness (QED) is 0.275. The van der Waals surface area contributed by atoms with Crippen molar-refractivity contribution < 1.29 is 22.5 Å². The molecule has 0 amide bonds. The van der Waals surface area contributed by atoms with E-state index in [0.29, 0.717) is 12.7 Å². The van der Waals surface area contributed by atoms with Crippen LogP contribution in [0.4, 0.5) is 0 Å². The molecule has 0 saturated carbocycles. The predicted molar refractivity (Wildman–Crippen MR) is 51.1 cm³/mol. The summed E-state index contributed by atoms with van der Waals surface area (Å²) in [4.78, 5) is 20.2. The first-order chi connectivity index (χ1) is 5.16. The van der Waals surface area contributed by atoms with Crippen molar-refractivity contribution in [2.75, 3.05) is 0 Å². The fourth-order valence-corrected chi connectivity index (χ4v) is 0.693. The number of rotatable bonds is 5. The van der Waals surface area contributed by atoms with Gasteiger partial charge in [-0.25, -0.2) is 0 Å². The van der Waals surface area contributed by atoms with Crippen molar-refractivity contribution in [3.8, 4) is 0 Å². The minimum atomic E-state index is -2.54. The summed E-state index contributed by atoms with van der Waals surface area (Å²) in [5, 5.41) is 0. The number of aldehydes is 1. The van der Waals surface area contributed by atoms with E-state index in [-0.39, 0.29) is 72.0 Å². The Morgan fingerprint density at radius 1 is 1.46 bits per heavy atom. The molecule has 0 fully saturated rings. The zero-order chi connectivity index (χ0) is 8.69. The summed E-state index contributed by atoms with van der Waals surface area (Å²) >= 11 is -2.54. The summed E-state index contributed by atoms with van der Waals surface area (Å²) < 4.78 is 21.7. The van der Waals surface area contributed by atoms with Crippen LogP contribution in [0.2, 0.25) is 0 Å². The molecule has 0 radical (unpaired) electrons. The van der Waals surface area contributed by atoms with E-state index in [0.717, 1.165) is 0 Å². The van der Waals surface area contributed by atoms with Crippen LogP contribution >= 0.6 is 0 Å². The van der Waals surface area contributed by atoms with E-state index in [2.05, 4.69) is 4.18 Å². The molecule has 13 heavy (non-hydrogen) atoms. The van der Waals surface area contributed by atoms with Gasteiger partial charge < -0.3 is 8.98 Å². The van der Waals surface area contributed by atoms with Crippen molar-refractivity contribution in [1.82, 2.24) is 0 Å². The molecule has 0 aliphatic carbocycles. The van der Waals surface area contributed by atoms with Crippen LogP contribution in [0.3, 0.4) is 0 Å². The van der Waals surface area contributed by atoms with Gasteiger partial charge in [0.1, 0.15) is 6.29 Å². The van der Waals surface area contributed by atoms with Gasteiger partial charge in [0.2, 0.25) is 0 Å². The fraction of sp³-hybridized carbons (Fsp3) is 0.600. The first kappa shape index (κ1) is 19.8. The summed E-state index contributed by atoms with van der Waals surface area (Å²) in [6.07, 6.45) is 1.26. The first-order valence-corrected chi connectivity index (χ1v) is 3.95. The second kappa shape index (κ2) is 13.2. The summed E-state index contributed by atoms with van der Waals surface area (Å²) in [6, 6.07) is 0. The molecule has 0 rings (SSSR count). The van der Waals surface area contributed by atoms with Crippen LogP contribution in [0.15, 0.2) is 0 Å². The molecule has 0 aromatic carbocycles. The van der Waals surface area contributed by atoms with Crippen LogP contribution in [0, 0.1) is 0 Å². The van der Waals surface area contributed by atoms with E-state index < -0.39 is 17.3 Å². The van der Waals surface area contributed by atoms with Crippen LogP contribution in [-0.4, -0.2) is 80.1 Å². The molecule has 8 heteroatoms. The average molecular weight is 228 g/mol. The Hall–Kier alpha value is 1.25. The topological polar surface area (TPSA) is 80.7 Å². The van der Waals surface area contributed by atoms with Crippen LogP contribution < -0.4 is 0 Å². The summed E-state index contributed by atoms with van der Waals surface area (Å²) in [7, 11) is 0. The zero-order valence-corrected chi connectivity index (χ0v) is 6.50. The molecule has 0 aliphatic heterocycles. The Balaban J connectivity index is -0.000000500. The third kappa shape index (κ3) is 16.0. The third-order valence-electron chi connectivity index (χ3n) is 0.867. The monoisotopic (exact) mass is 228 g/mol. The zero-order valence-electron chi connectivity index (χ0n) is 5.69. The SMILES string of the molecule is O=CCCCC(=O)OS(=O)O.[NaH].[NaH]. The summed E-state index contributed by atoms with van der Waals surface area (Å²) in [6.45, 7) is 0. The van der Waals surface area contributed by atoms with Crippen molar-refractivity contribution in [1.29, 1.82) is 0 Å². The van der Waals surface area contributed by atoms with Crippen LogP contribution in [0.1, 0.15) is 19.3 Å². The van der Waals surface area contributed by atoms with Crippen molar-refractivity contribution in [2.24, 2.45) is 0 Å². The number of hydrogen-bond acceptors (Lipinski definition) is 4. The van der Waals surface area contributed by atoms with Crippen molar-refractivity contribution >= 4 is 82.7 Å². The molecule has 0 aliphatic rings. The van der Waals surface area contributed by atoms with Crippen molar-refractivity contribution in [3.63, 3.8) is 0 Å². The van der Waals surface area contributed by atoms with Crippen molar-refractivity contribution in [2.45, 2.75) is 19.3 Å². The van der Waals surface area contributed by atoms with Gasteiger partial charge in [0.15, 0.2) is 0 Å². The number of carbonyl (C=O) groups is 2. The molecule has 0 aromatic rings. The standard InChI is InChI=1S/C5H8O5S.2Na.2H/c6-4-2-1-3-5(7)10-11(8)9;;;;/h4H,1-3H2,(H,8,9);;;;. The molecule has 1 unspecified atom stereocenters. The maximum absolute atomic E-state index is 10.4. The van der Waals surface area contributed by atoms with Gasteiger partial charge in [-0.1, -0.05) is 0 Å². The number of unbranched alkanes of at least 4 members (excludes halogenated alkanes) is 1. The Morgan fingerprint density at radius 2 is 2.00 bits per heavy atom. The molecule has 0 saturated heterocycles. The molecule has 0 heterocycles. The van der Waals surface area contributed by atoms with E-state index in [1.807, 2.05) is 0 Å². The van der Waals surface area contributed by atoms with Gasteiger partial charge in [-0.05, 0) is 6.42 Å². The van der Waals surface area contributed by atoms with Gasteiger partial charge in [0.25, 0.3) is 0 Å². The minimum absolute atomic E-state index is 0. The van der Waals surface area contributed by atoms with Crippen LogP contribution in [-0.2, 0) is 25.1 Å². The van der Waals surface area contributed by atoms with E-state index in [1.54, 1.807) is 0 Å². The Morgan fingerprint density at radius 3 is 2.38 bits per heavy atom. The van der Waals surface area contributed by atoms with E-state index in [4.69, 9.17) is 4.55 Å². The summed E-state index contributed by atoms with van der Waals surface area (Å²) in [5.74, 6) is -0.771. The van der Waals surface area contributed by atoms with Gasteiger partial charge in [0, 0.05) is 12.8 Å². The second-order valence-corrected chi connectivity index (χ2v) is 2.33. The summed E-state index contributed by atoms with van der Waals surface area (Å²) in [5.41, 5.74) is 0. The Labute approximate surface area is 123 Å². The maximum atomic E-state index is 10.4. The average Bonchev–Trinajstić information content (AvgIpc) is 1.86. The number of hydrogen-bond donors (Lipinski definition) is 1. The van der Waals surface area contributed by atoms with E-state index in [9.17, 15) is 13.8 Å². The molecule has 1 N–H and O–H groups in total. The molecular weight excluding hydrogens is 218 g/mol. The second-order valence-electron chi connectivity index (χ2n) is 1.73. The molecular formula is C5H10Na2O5S. The normalized spacial score (nSPS) is 10.2. The molecule has 0 spiro atoms. The fourth-order valence-electron chi connectivity index (χ4n) is 0.451. The molecule has 68 valence electrons. The van der Waals surface area contributed by atoms with Crippen molar-refractivity contribution in [3.05, 3.63) is 0 Å². The molecule has 0 bridgehead atoms. The Bertz CT molecular complexity index is 174. The molecule has 5 nitrogen and oxygen atoms in total. The van der Waals surface area contributed by atoms with Gasteiger partial charge in [-0.3, -0.25) is 9.35 Å². The van der Waals surface area contributed by atoms with Crippen LogP contribution in [0.25, 0.3) is 0 Å². The van der Waals surface area contributed by atoms with Gasteiger partial charge in [-0.15, -0.1) is 0 Å². The van der Waals surface area contributed by atoms with Crippen LogP contribution in [0.5, 0.6) is 0 Å². The predicted octanol–water partition coefficient (Wildman–Crippen LogP) is -1.26. The van der Waals surface area contributed by atoms with E-state index in [1.165, 1.54) is 0 Å².